The van der Waals surface area contributed by atoms with E-state index in [-0.39, 0.29) is 25.3 Å². The lowest BCUT2D eigenvalue weighted by atomic mass is 10.1. The molecular formula is C13H20N2O5. The lowest BCUT2D eigenvalue weighted by Gasteiger charge is -2.18. The number of carbonyl (C=O) groups excluding carboxylic acids is 1. The van der Waals surface area contributed by atoms with Gasteiger partial charge in [-0.25, -0.2) is 9.59 Å². The molecule has 7 nitrogen and oxygen atoms in total. The molecule has 0 aliphatic carbocycles. The van der Waals surface area contributed by atoms with Crippen molar-refractivity contribution < 1.29 is 24.6 Å². The molecule has 0 saturated heterocycles. The first kappa shape index (κ1) is 17.8. The molecule has 0 aromatic heterocycles. The van der Waals surface area contributed by atoms with Crippen molar-refractivity contribution in [3.05, 3.63) is 0 Å². The van der Waals surface area contributed by atoms with Crippen molar-refractivity contribution in [2.24, 2.45) is 0 Å². The third kappa shape index (κ3) is 7.97. The summed E-state index contributed by atoms with van der Waals surface area (Å²) in [5, 5.41) is 22.3. The lowest BCUT2D eigenvalue weighted by molar-refractivity contribution is -0.140. The minimum atomic E-state index is -1.20. The second-order valence-corrected chi connectivity index (χ2v) is 4.31. The van der Waals surface area contributed by atoms with Crippen LogP contribution in [0.1, 0.15) is 39.0 Å². The van der Waals surface area contributed by atoms with Crippen LogP contribution in [0.4, 0.5) is 4.79 Å². The van der Waals surface area contributed by atoms with E-state index < -0.39 is 24.0 Å². The Labute approximate surface area is 117 Å². The number of carboxylic acids is 2. The molecule has 7 heteroatoms. The Bertz CT molecular complexity index is 389. The Balaban J connectivity index is 4.30. The molecule has 20 heavy (non-hydrogen) atoms. The van der Waals surface area contributed by atoms with Gasteiger partial charge in [-0.15, -0.1) is 12.3 Å². The Morgan fingerprint density at radius 3 is 2.35 bits per heavy atom. The van der Waals surface area contributed by atoms with Crippen molar-refractivity contribution in [3.8, 4) is 12.3 Å². The molecule has 0 fully saturated rings. The van der Waals surface area contributed by atoms with Gasteiger partial charge >= 0.3 is 18.0 Å². The van der Waals surface area contributed by atoms with Crippen LogP contribution in [0, 0.1) is 12.3 Å². The first-order chi connectivity index (χ1) is 9.40. The number of carbonyl (C=O) groups is 3. The largest absolute Gasteiger partial charge is 0.481 e. The monoisotopic (exact) mass is 284 g/mol. The van der Waals surface area contributed by atoms with Crippen LogP contribution in [-0.4, -0.2) is 40.3 Å². The minimum absolute atomic E-state index is 0.0565. The number of hydrogen-bond acceptors (Lipinski definition) is 3. The van der Waals surface area contributed by atoms with Crippen LogP contribution in [0.5, 0.6) is 0 Å². The predicted molar refractivity (Wildman–Crippen MR) is 72.1 cm³/mol. The van der Waals surface area contributed by atoms with E-state index in [9.17, 15) is 14.4 Å². The van der Waals surface area contributed by atoms with Gasteiger partial charge in [0, 0.05) is 18.9 Å². The summed E-state index contributed by atoms with van der Waals surface area (Å²) < 4.78 is 0. The van der Waals surface area contributed by atoms with Gasteiger partial charge in [0.15, 0.2) is 0 Å². The summed E-state index contributed by atoms with van der Waals surface area (Å²) in [5.74, 6) is 0.223. The van der Waals surface area contributed by atoms with E-state index in [2.05, 4.69) is 16.6 Å². The first-order valence-corrected chi connectivity index (χ1v) is 6.35. The third-order valence-electron chi connectivity index (χ3n) is 2.68. The molecule has 0 aromatic carbocycles. The van der Waals surface area contributed by atoms with Crippen LogP contribution < -0.4 is 10.6 Å². The maximum atomic E-state index is 11.6. The van der Waals surface area contributed by atoms with Crippen molar-refractivity contribution in [3.63, 3.8) is 0 Å². The van der Waals surface area contributed by atoms with Gasteiger partial charge in [0.05, 0.1) is 0 Å². The molecule has 0 saturated carbocycles. The fourth-order valence-corrected chi connectivity index (χ4v) is 1.54. The molecule has 1 unspecified atom stereocenters. The Hall–Kier alpha value is -2.23. The van der Waals surface area contributed by atoms with Crippen molar-refractivity contribution in [1.29, 1.82) is 0 Å². The molecule has 0 spiro atoms. The average molecular weight is 284 g/mol. The standard InChI is InChI=1S/C13H20N2O5/c1-3-6-9(4-2)14-13(20)15-10(12(18)19)7-5-8-11(16)17/h1,9-10H,4-8H2,2H3,(H,16,17)(H,18,19)(H2,14,15,20)/t9?,10-/m1/s1. The van der Waals surface area contributed by atoms with Gasteiger partial charge in [0.25, 0.3) is 0 Å². The maximum absolute atomic E-state index is 11.6. The van der Waals surface area contributed by atoms with Crippen LogP contribution in [0.25, 0.3) is 0 Å². The van der Waals surface area contributed by atoms with Gasteiger partial charge in [-0.1, -0.05) is 6.92 Å². The number of aliphatic carboxylic acids is 2. The van der Waals surface area contributed by atoms with Gasteiger partial charge in [0.1, 0.15) is 6.04 Å². The van der Waals surface area contributed by atoms with Crippen molar-refractivity contribution in [1.82, 2.24) is 10.6 Å². The van der Waals surface area contributed by atoms with Gasteiger partial charge < -0.3 is 20.8 Å². The highest BCUT2D eigenvalue weighted by Gasteiger charge is 2.20. The van der Waals surface area contributed by atoms with Crippen LogP contribution >= 0.6 is 0 Å². The van der Waals surface area contributed by atoms with Gasteiger partial charge in [-0.3, -0.25) is 4.79 Å². The SMILES string of the molecule is C#CCC(CC)NC(=O)N[C@H](CCCC(=O)O)C(=O)O. The van der Waals surface area contributed by atoms with Gasteiger partial charge in [-0.05, 0) is 19.3 Å². The number of rotatable bonds is 9. The lowest BCUT2D eigenvalue weighted by Crippen LogP contribution is -2.48. The summed E-state index contributed by atoms with van der Waals surface area (Å²) in [6.07, 6.45) is 6.24. The van der Waals surface area contributed by atoms with E-state index >= 15 is 0 Å². The Morgan fingerprint density at radius 1 is 1.25 bits per heavy atom. The molecule has 0 bridgehead atoms. The third-order valence-corrected chi connectivity index (χ3v) is 2.68. The summed E-state index contributed by atoms with van der Waals surface area (Å²) >= 11 is 0. The maximum Gasteiger partial charge on any atom is 0.326 e. The van der Waals surface area contributed by atoms with E-state index in [1.807, 2.05) is 6.92 Å². The molecule has 2 atom stereocenters. The Morgan fingerprint density at radius 2 is 1.90 bits per heavy atom. The predicted octanol–water partition coefficient (Wildman–Crippen LogP) is 0.796. The normalized spacial score (nSPS) is 12.8. The van der Waals surface area contributed by atoms with Crippen molar-refractivity contribution >= 4 is 18.0 Å². The second-order valence-electron chi connectivity index (χ2n) is 4.31. The first-order valence-electron chi connectivity index (χ1n) is 6.35. The van der Waals surface area contributed by atoms with Crippen LogP contribution in [0.3, 0.4) is 0 Å². The second kappa shape index (κ2) is 9.67. The summed E-state index contributed by atoms with van der Waals surface area (Å²) in [5.41, 5.74) is 0. The van der Waals surface area contributed by atoms with Gasteiger partial charge in [-0.2, -0.15) is 0 Å². The molecule has 0 aliphatic rings. The number of terminal acetylenes is 1. The highest BCUT2D eigenvalue weighted by atomic mass is 16.4. The van der Waals surface area contributed by atoms with Crippen LogP contribution in [0.15, 0.2) is 0 Å². The topological polar surface area (TPSA) is 116 Å². The van der Waals surface area contributed by atoms with Crippen molar-refractivity contribution in [2.75, 3.05) is 0 Å². The smallest absolute Gasteiger partial charge is 0.326 e. The van der Waals surface area contributed by atoms with E-state index in [1.54, 1.807) is 0 Å². The molecule has 0 rings (SSSR count). The molecule has 0 aromatic rings. The van der Waals surface area contributed by atoms with E-state index in [0.717, 1.165) is 0 Å². The number of nitrogens with one attached hydrogen (secondary N) is 2. The Kier molecular flexibility index (Phi) is 8.59. The molecule has 112 valence electrons. The highest BCUT2D eigenvalue weighted by molar-refractivity contribution is 5.82. The summed E-state index contributed by atoms with van der Waals surface area (Å²) in [6, 6.07) is -1.94. The average Bonchev–Trinajstić information content (AvgIpc) is 2.36. The van der Waals surface area contributed by atoms with E-state index in [4.69, 9.17) is 16.6 Å². The number of amides is 2. The summed E-state index contributed by atoms with van der Waals surface area (Å²) in [7, 11) is 0. The fourth-order valence-electron chi connectivity index (χ4n) is 1.54. The van der Waals surface area contributed by atoms with Crippen LogP contribution in [-0.2, 0) is 9.59 Å². The summed E-state index contributed by atoms with van der Waals surface area (Å²) in [6.45, 7) is 1.85. The zero-order valence-electron chi connectivity index (χ0n) is 11.4. The quantitative estimate of drug-likeness (QED) is 0.467. The van der Waals surface area contributed by atoms with E-state index in [1.165, 1.54) is 0 Å². The molecule has 4 N–H and O–H groups in total. The minimum Gasteiger partial charge on any atom is -0.481 e. The number of hydrogen-bond donors (Lipinski definition) is 4. The zero-order chi connectivity index (χ0) is 15.5. The molecule has 2 amide bonds. The zero-order valence-corrected chi connectivity index (χ0v) is 11.4. The molecule has 0 heterocycles. The highest BCUT2D eigenvalue weighted by Crippen LogP contribution is 2.02. The van der Waals surface area contributed by atoms with Crippen LogP contribution in [0.2, 0.25) is 0 Å². The summed E-state index contributed by atoms with van der Waals surface area (Å²) in [4.78, 5) is 33.0. The van der Waals surface area contributed by atoms with E-state index in [0.29, 0.717) is 12.8 Å². The fraction of sp³-hybridized carbons (Fsp3) is 0.615. The molecule has 0 radical (unpaired) electrons. The van der Waals surface area contributed by atoms with Crippen molar-refractivity contribution in [2.45, 2.75) is 51.1 Å². The molecular weight excluding hydrogens is 264 g/mol. The molecule has 0 aliphatic heterocycles. The number of carboxylic acid groups (broad SMARTS) is 2. The number of urea groups is 1. The van der Waals surface area contributed by atoms with Gasteiger partial charge in [0.2, 0.25) is 0 Å².